The van der Waals surface area contributed by atoms with Crippen LogP contribution < -0.4 is 11.1 Å². The van der Waals surface area contributed by atoms with E-state index in [-0.39, 0.29) is 0 Å². The number of nitrogen functional groups attached to an aromatic ring is 1. The van der Waals surface area contributed by atoms with Crippen LogP contribution in [0.3, 0.4) is 0 Å². The van der Waals surface area contributed by atoms with Crippen LogP contribution in [-0.2, 0) is 0 Å². The summed E-state index contributed by atoms with van der Waals surface area (Å²) in [7, 11) is 0. The number of hydrogen-bond donors (Lipinski definition) is 2. The van der Waals surface area contributed by atoms with Gasteiger partial charge in [0.1, 0.15) is 0 Å². The predicted molar refractivity (Wildman–Crippen MR) is 85.7 cm³/mol. The summed E-state index contributed by atoms with van der Waals surface area (Å²) in [5.41, 5.74) is 9.00. The van der Waals surface area contributed by atoms with Crippen molar-refractivity contribution in [1.82, 2.24) is 4.90 Å². The smallest absolute Gasteiger partial charge is 0.0346 e. The van der Waals surface area contributed by atoms with E-state index in [1.165, 1.54) is 25.1 Å². The van der Waals surface area contributed by atoms with Crippen molar-refractivity contribution in [3.05, 3.63) is 23.8 Å². The Morgan fingerprint density at radius 1 is 1.26 bits per heavy atom. The van der Waals surface area contributed by atoms with Crippen molar-refractivity contribution in [2.24, 2.45) is 0 Å². The molecule has 3 N–H and O–H groups in total. The zero-order chi connectivity index (χ0) is 14.3. The summed E-state index contributed by atoms with van der Waals surface area (Å²) in [5, 5.41) is 3.55. The van der Waals surface area contributed by atoms with Gasteiger partial charge in [-0.15, -0.1) is 0 Å². The highest BCUT2D eigenvalue weighted by Crippen LogP contribution is 2.18. The summed E-state index contributed by atoms with van der Waals surface area (Å²) in [4.78, 5) is 2.47. The molecule has 0 bridgehead atoms. The quantitative estimate of drug-likeness (QED) is 0.705. The molecule has 0 aromatic heterocycles. The molecule has 1 aromatic rings. The number of rotatable bonds is 8. The molecule has 0 saturated carbocycles. The van der Waals surface area contributed by atoms with Gasteiger partial charge in [-0.1, -0.05) is 13.8 Å². The van der Waals surface area contributed by atoms with Crippen LogP contribution in [-0.4, -0.2) is 30.6 Å². The van der Waals surface area contributed by atoms with Crippen molar-refractivity contribution >= 4 is 11.4 Å². The van der Waals surface area contributed by atoms with Gasteiger partial charge in [-0.05, 0) is 70.1 Å². The van der Waals surface area contributed by atoms with Crippen molar-refractivity contribution in [3.8, 4) is 0 Å². The van der Waals surface area contributed by atoms with Gasteiger partial charge in [0.05, 0.1) is 0 Å². The average molecular weight is 263 g/mol. The summed E-state index contributed by atoms with van der Waals surface area (Å²) >= 11 is 0. The molecule has 0 amide bonds. The Balaban J connectivity index is 2.34. The summed E-state index contributed by atoms with van der Waals surface area (Å²) in [6.45, 7) is 12.2. The van der Waals surface area contributed by atoms with Crippen LogP contribution in [0.15, 0.2) is 18.2 Å². The van der Waals surface area contributed by atoms with E-state index in [0.29, 0.717) is 6.04 Å². The van der Waals surface area contributed by atoms with Crippen molar-refractivity contribution in [1.29, 1.82) is 0 Å². The number of nitrogens with one attached hydrogen (secondary N) is 1. The third-order valence-corrected chi connectivity index (χ3v) is 3.69. The number of anilines is 2. The molecule has 108 valence electrons. The van der Waals surface area contributed by atoms with E-state index in [2.05, 4.69) is 43.1 Å². The van der Waals surface area contributed by atoms with Gasteiger partial charge in [0.2, 0.25) is 0 Å². The molecule has 3 heteroatoms. The zero-order valence-electron chi connectivity index (χ0n) is 12.9. The van der Waals surface area contributed by atoms with Crippen LogP contribution in [0, 0.1) is 6.92 Å². The van der Waals surface area contributed by atoms with E-state index >= 15 is 0 Å². The van der Waals surface area contributed by atoms with Crippen LogP contribution >= 0.6 is 0 Å². The molecule has 0 heterocycles. The molecule has 1 aromatic carbocycles. The standard InChI is InChI=1S/C16H29N3/c1-5-19(6-2)11-7-8-14(4)18-15-9-10-16(17)13(3)12-15/h9-10,12,14,18H,5-8,11,17H2,1-4H3. The Hall–Kier alpha value is -1.22. The lowest BCUT2D eigenvalue weighted by atomic mass is 10.1. The molecule has 1 unspecified atom stereocenters. The molecule has 0 fully saturated rings. The lowest BCUT2D eigenvalue weighted by Crippen LogP contribution is -2.25. The Bertz CT molecular complexity index is 372. The van der Waals surface area contributed by atoms with Crippen LogP contribution in [0.2, 0.25) is 0 Å². The van der Waals surface area contributed by atoms with E-state index in [4.69, 9.17) is 5.73 Å². The largest absolute Gasteiger partial charge is 0.399 e. The first-order valence-corrected chi connectivity index (χ1v) is 7.41. The maximum Gasteiger partial charge on any atom is 0.0346 e. The molecule has 0 aliphatic rings. The van der Waals surface area contributed by atoms with E-state index in [1.54, 1.807) is 0 Å². The molecule has 0 aliphatic carbocycles. The molecule has 0 saturated heterocycles. The van der Waals surface area contributed by atoms with Gasteiger partial charge in [-0.2, -0.15) is 0 Å². The Morgan fingerprint density at radius 3 is 2.53 bits per heavy atom. The first kappa shape index (κ1) is 15.8. The number of nitrogens with two attached hydrogens (primary N) is 1. The Labute approximate surface area is 118 Å². The summed E-state index contributed by atoms with van der Waals surface area (Å²) < 4.78 is 0. The number of nitrogens with zero attached hydrogens (tertiary/aromatic N) is 1. The minimum Gasteiger partial charge on any atom is -0.399 e. The van der Waals surface area contributed by atoms with Gasteiger partial charge in [0, 0.05) is 17.4 Å². The molecule has 0 radical (unpaired) electrons. The normalized spacial score (nSPS) is 12.7. The minimum atomic E-state index is 0.499. The van der Waals surface area contributed by atoms with Gasteiger partial charge in [0.15, 0.2) is 0 Å². The second-order valence-electron chi connectivity index (χ2n) is 5.29. The minimum absolute atomic E-state index is 0.499. The molecule has 1 atom stereocenters. The van der Waals surface area contributed by atoms with Crippen molar-refractivity contribution in [2.45, 2.75) is 46.6 Å². The monoisotopic (exact) mass is 263 g/mol. The number of benzene rings is 1. The second kappa shape index (κ2) is 8.05. The summed E-state index contributed by atoms with van der Waals surface area (Å²) in [6.07, 6.45) is 2.43. The van der Waals surface area contributed by atoms with Crippen molar-refractivity contribution < 1.29 is 0 Å². The van der Waals surface area contributed by atoms with Gasteiger partial charge in [-0.3, -0.25) is 0 Å². The van der Waals surface area contributed by atoms with Crippen LogP contribution in [0.1, 0.15) is 39.2 Å². The van der Waals surface area contributed by atoms with E-state index < -0.39 is 0 Å². The fraction of sp³-hybridized carbons (Fsp3) is 0.625. The van der Waals surface area contributed by atoms with E-state index in [9.17, 15) is 0 Å². The van der Waals surface area contributed by atoms with E-state index in [1.807, 2.05) is 13.0 Å². The molecule has 3 nitrogen and oxygen atoms in total. The Kier molecular flexibility index (Phi) is 6.71. The molecule has 0 aliphatic heterocycles. The van der Waals surface area contributed by atoms with Crippen molar-refractivity contribution in [2.75, 3.05) is 30.7 Å². The topological polar surface area (TPSA) is 41.3 Å². The first-order valence-electron chi connectivity index (χ1n) is 7.41. The highest BCUT2D eigenvalue weighted by Gasteiger charge is 2.05. The van der Waals surface area contributed by atoms with Gasteiger partial charge in [-0.25, -0.2) is 0 Å². The van der Waals surface area contributed by atoms with Crippen molar-refractivity contribution in [3.63, 3.8) is 0 Å². The van der Waals surface area contributed by atoms with Crippen LogP contribution in [0.4, 0.5) is 11.4 Å². The van der Waals surface area contributed by atoms with Gasteiger partial charge in [0.25, 0.3) is 0 Å². The average Bonchev–Trinajstić information content (AvgIpc) is 2.39. The number of hydrogen-bond acceptors (Lipinski definition) is 3. The molecule has 1 rings (SSSR count). The lowest BCUT2D eigenvalue weighted by Gasteiger charge is -2.20. The molecular formula is C16H29N3. The first-order chi connectivity index (χ1) is 9.06. The van der Waals surface area contributed by atoms with E-state index in [0.717, 1.165) is 24.3 Å². The predicted octanol–water partition coefficient (Wildman–Crippen LogP) is 3.50. The third kappa shape index (κ3) is 5.52. The summed E-state index contributed by atoms with van der Waals surface area (Å²) in [6, 6.07) is 6.65. The zero-order valence-corrected chi connectivity index (χ0v) is 12.9. The highest BCUT2D eigenvalue weighted by molar-refractivity contribution is 5.56. The Morgan fingerprint density at radius 2 is 1.95 bits per heavy atom. The number of aryl methyl sites for hydroxylation is 1. The van der Waals surface area contributed by atoms with Crippen LogP contribution in [0.25, 0.3) is 0 Å². The highest BCUT2D eigenvalue weighted by atomic mass is 15.1. The fourth-order valence-electron chi connectivity index (χ4n) is 2.28. The molecular weight excluding hydrogens is 234 g/mol. The maximum atomic E-state index is 5.83. The second-order valence-corrected chi connectivity index (χ2v) is 5.29. The van der Waals surface area contributed by atoms with Crippen LogP contribution in [0.5, 0.6) is 0 Å². The fourth-order valence-corrected chi connectivity index (χ4v) is 2.28. The molecule has 19 heavy (non-hydrogen) atoms. The van der Waals surface area contributed by atoms with Gasteiger partial charge < -0.3 is 16.0 Å². The summed E-state index contributed by atoms with van der Waals surface area (Å²) in [5.74, 6) is 0. The maximum absolute atomic E-state index is 5.83. The lowest BCUT2D eigenvalue weighted by molar-refractivity contribution is 0.295. The van der Waals surface area contributed by atoms with Gasteiger partial charge >= 0.3 is 0 Å². The SMILES string of the molecule is CCN(CC)CCCC(C)Nc1ccc(N)c(C)c1. The molecule has 0 spiro atoms. The third-order valence-electron chi connectivity index (χ3n) is 3.69.